The van der Waals surface area contributed by atoms with Crippen molar-refractivity contribution in [3.63, 3.8) is 0 Å². The Labute approximate surface area is 97.8 Å². The number of pyridine rings is 1. The SMILES string of the molecule is Cc1cc(C(=O)Cl)c(I)nc1C(F)F. The van der Waals surface area contributed by atoms with Crippen molar-refractivity contribution in [2.24, 2.45) is 0 Å². The maximum Gasteiger partial charge on any atom is 0.280 e. The second-order valence-electron chi connectivity index (χ2n) is 2.60. The van der Waals surface area contributed by atoms with Gasteiger partial charge in [-0.1, -0.05) is 0 Å². The minimum atomic E-state index is -2.64. The minimum Gasteiger partial charge on any atom is -0.276 e. The number of carbonyl (C=O) groups is 1. The highest BCUT2D eigenvalue weighted by molar-refractivity contribution is 14.1. The Morgan fingerprint density at radius 3 is 2.64 bits per heavy atom. The Hall–Kier alpha value is -0.300. The molecule has 0 aliphatic heterocycles. The molecule has 76 valence electrons. The Balaban J connectivity index is 3.31. The molecule has 1 heterocycles. The van der Waals surface area contributed by atoms with Gasteiger partial charge in [0.25, 0.3) is 11.7 Å². The van der Waals surface area contributed by atoms with Gasteiger partial charge in [0.2, 0.25) is 0 Å². The van der Waals surface area contributed by atoms with Crippen LogP contribution in [0.25, 0.3) is 0 Å². The highest BCUT2D eigenvalue weighted by atomic mass is 127. The number of halogens is 4. The summed E-state index contributed by atoms with van der Waals surface area (Å²) < 4.78 is 24.9. The number of hydrogen-bond donors (Lipinski definition) is 0. The summed E-state index contributed by atoms with van der Waals surface area (Å²) in [5.74, 6) is 0. The molecular formula is C8H5ClF2INO. The molecule has 0 spiro atoms. The summed E-state index contributed by atoms with van der Waals surface area (Å²) in [6.07, 6.45) is -2.64. The third kappa shape index (κ3) is 2.38. The molecule has 1 rings (SSSR count). The Morgan fingerprint density at radius 2 is 2.21 bits per heavy atom. The number of aromatic nitrogens is 1. The van der Waals surface area contributed by atoms with Gasteiger partial charge < -0.3 is 0 Å². The van der Waals surface area contributed by atoms with Crippen molar-refractivity contribution in [3.8, 4) is 0 Å². The molecule has 0 aliphatic rings. The Kier molecular flexibility index (Phi) is 3.77. The first-order chi connectivity index (χ1) is 6.43. The summed E-state index contributed by atoms with van der Waals surface area (Å²) in [5, 5.41) is -0.689. The highest BCUT2D eigenvalue weighted by Gasteiger charge is 2.17. The molecular weight excluding hydrogens is 326 g/mol. The number of carbonyl (C=O) groups excluding carboxylic acids is 1. The van der Waals surface area contributed by atoms with Gasteiger partial charge in [-0.2, -0.15) is 0 Å². The van der Waals surface area contributed by atoms with Crippen molar-refractivity contribution >= 4 is 39.4 Å². The standard InChI is InChI=1S/C8H5ClF2INO/c1-3-2-4(6(9)14)8(12)13-5(3)7(10)11/h2,7H,1H3. The van der Waals surface area contributed by atoms with E-state index < -0.39 is 11.7 Å². The van der Waals surface area contributed by atoms with Gasteiger partial charge >= 0.3 is 0 Å². The van der Waals surface area contributed by atoms with E-state index in [-0.39, 0.29) is 20.5 Å². The summed E-state index contributed by atoms with van der Waals surface area (Å²) in [4.78, 5) is 14.5. The van der Waals surface area contributed by atoms with Crippen molar-refractivity contribution < 1.29 is 13.6 Å². The number of alkyl halides is 2. The van der Waals surface area contributed by atoms with E-state index in [0.717, 1.165) is 0 Å². The van der Waals surface area contributed by atoms with Gasteiger partial charge in [0, 0.05) is 0 Å². The fraction of sp³-hybridized carbons (Fsp3) is 0.250. The highest BCUT2D eigenvalue weighted by Crippen LogP contribution is 2.24. The molecule has 1 aromatic rings. The van der Waals surface area contributed by atoms with E-state index in [1.165, 1.54) is 13.0 Å². The maximum atomic E-state index is 12.4. The second-order valence-corrected chi connectivity index (χ2v) is 3.97. The van der Waals surface area contributed by atoms with Crippen LogP contribution in [0.2, 0.25) is 0 Å². The summed E-state index contributed by atoms with van der Waals surface area (Å²) >= 11 is 6.94. The van der Waals surface area contributed by atoms with E-state index in [1.54, 1.807) is 22.6 Å². The van der Waals surface area contributed by atoms with E-state index >= 15 is 0 Å². The minimum absolute atomic E-state index is 0.161. The van der Waals surface area contributed by atoms with Crippen molar-refractivity contribution in [1.29, 1.82) is 0 Å². The molecule has 0 unspecified atom stereocenters. The molecule has 0 aromatic carbocycles. The van der Waals surface area contributed by atoms with Gasteiger partial charge in [-0.05, 0) is 52.7 Å². The normalized spacial score (nSPS) is 10.7. The third-order valence-electron chi connectivity index (χ3n) is 1.62. The van der Waals surface area contributed by atoms with Crippen LogP contribution < -0.4 is 0 Å². The average Bonchev–Trinajstić information content (AvgIpc) is 2.07. The zero-order valence-corrected chi connectivity index (χ0v) is 9.94. The van der Waals surface area contributed by atoms with E-state index in [2.05, 4.69) is 4.98 Å². The maximum absolute atomic E-state index is 12.4. The molecule has 0 atom stereocenters. The van der Waals surface area contributed by atoms with Crippen LogP contribution >= 0.6 is 34.2 Å². The summed E-state index contributed by atoms with van der Waals surface area (Å²) in [7, 11) is 0. The molecule has 6 heteroatoms. The smallest absolute Gasteiger partial charge is 0.276 e. The summed E-state index contributed by atoms with van der Waals surface area (Å²) in [5.41, 5.74) is 0.120. The second kappa shape index (κ2) is 4.48. The molecule has 14 heavy (non-hydrogen) atoms. The van der Waals surface area contributed by atoms with Gasteiger partial charge in [-0.25, -0.2) is 13.8 Å². The van der Waals surface area contributed by atoms with Crippen molar-refractivity contribution in [3.05, 3.63) is 26.6 Å². The van der Waals surface area contributed by atoms with Crippen LogP contribution in [-0.2, 0) is 0 Å². The van der Waals surface area contributed by atoms with E-state index in [9.17, 15) is 13.6 Å². The van der Waals surface area contributed by atoms with Crippen LogP contribution in [0.1, 0.15) is 28.0 Å². The van der Waals surface area contributed by atoms with Crippen molar-refractivity contribution in [1.82, 2.24) is 4.98 Å². The van der Waals surface area contributed by atoms with Crippen LogP contribution in [-0.4, -0.2) is 10.2 Å². The topological polar surface area (TPSA) is 30.0 Å². The van der Waals surface area contributed by atoms with Gasteiger partial charge in [-0.3, -0.25) is 4.79 Å². The molecule has 0 N–H and O–H groups in total. The molecule has 2 nitrogen and oxygen atoms in total. The van der Waals surface area contributed by atoms with Crippen LogP contribution in [0.3, 0.4) is 0 Å². The van der Waals surface area contributed by atoms with Crippen molar-refractivity contribution in [2.75, 3.05) is 0 Å². The van der Waals surface area contributed by atoms with Gasteiger partial charge in [0.15, 0.2) is 0 Å². The molecule has 0 bridgehead atoms. The third-order valence-corrected chi connectivity index (χ3v) is 2.65. The van der Waals surface area contributed by atoms with Gasteiger partial charge in [-0.15, -0.1) is 0 Å². The van der Waals surface area contributed by atoms with Crippen LogP contribution in [0.5, 0.6) is 0 Å². The number of rotatable bonds is 2. The van der Waals surface area contributed by atoms with Gasteiger partial charge in [0.05, 0.1) is 5.56 Å². The predicted molar refractivity (Wildman–Crippen MR) is 56.8 cm³/mol. The number of hydrogen-bond acceptors (Lipinski definition) is 2. The fourth-order valence-electron chi connectivity index (χ4n) is 0.963. The molecule has 0 aliphatic carbocycles. The van der Waals surface area contributed by atoms with Crippen LogP contribution in [0.4, 0.5) is 8.78 Å². The Bertz CT molecular complexity index is 384. The lowest BCUT2D eigenvalue weighted by Crippen LogP contribution is -2.03. The Morgan fingerprint density at radius 1 is 1.64 bits per heavy atom. The monoisotopic (exact) mass is 331 g/mol. The zero-order chi connectivity index (χ0) is 10.9. The summed E-state index contributed by atoms with van der Waals surface area (Å²) in [6.45, 7) is 1.47. The molecule has 0 radical (unpaired) electrons. The molecule has 1 aromatic heterocycles. The lowest BCUT2D eigenvalue weighted by molar-refractivity contribution is 0.107. The molecule has 0 amide bonds. The van der Waals surface area contributed by atoms with Gasteiger partial charge in [0.1, 0.15) is 9.39 Å². The quantitative estimate of drug-likeness (QED) is 0.473. The molecule has 0 fully saturated rings. The molecule has 0 saturated heterocycles. The lowest BCUT2D eigenvalue weighted by atomic mass is 10.1. The predicted octanol–water partition coefficient (Wildman–Crippen LogP) is 3.31. The van der Waals surface area contributed by atoms with Crippen LogP contribution in [0.15, 0.2) is 6.07 Å². The molecule has 0 saturated carbocycles. The van der Waals surface area contributed by atoms with Crippen molar-refractivity contribution in [2.45, 2.75) is 13.3 Å². The zero-order valence-electron chi connectivity index (χ0n) is 7.02. The van der Waals surface area contributed by atoms with E-state index in [4.69, 9.17) is 11.6 Å². The number of nitrogens with zero attached hydrogens (tertiary/aromatic N) is 1. The van der Waals surface area contributed by atoms with Crippen LogP contribution in [0, 0.1) is 10.6 Å². The first kappa shape index (κ1) is 11.8. The fourth-order valence-corrected chi connectivity index (χ4v) is 1.93. The number of aryl methyl sites for hydroxylation is 1. The van der Waals surface area contributed by atoms with E-state index in [0.29, 0.717) is 0 Å². The first-order valence-corrected chi connectivity index (χ1v) is 5.04. The van der Waals surface area contributed by atoms with E-state index in [1.807, 2.05) is 0 Å². The largest absolute Gasteiger partial charge is 0.280 e. The lowest BCUT2D eigenvalue weighted by Gasteiger charge is -2.06. The first-order valence-electron chi connectivity index (χ1n) is 3.58. The summed E-state index contributed by atoms with van der Waals surface area (Å²) in [6, 6.07) is 1.32. The average molecular weight is 331 g/mol.